The molecular formula is C17H17FN2O. The lowest BCUT2D eigenvalue weighted by molar-refractivity contribution is 0.416. The number of nitrogens with one attached hydrogen (secondary N) is 1. The zero-order valence-corrected chi connectivity index (χ0v) is 12.3. The summed E-state index contributed by atoms with van der Waals surface area (Å²) in [5.74, 6) is 0.376. The van der Waals surface area contributed by atoms with Crippen LogP contribution in [-0.4, -0.2) is 7.11 Å². The van der Waals surface area contributed by atoms with Crippen LogP contribution in [0.1, 0.15) is 29.7 Å². The van der Waals surface area contributed by atoms with Crippen molar-refractivity contribution in [2.24, 2.45) is 0 Å². The fraction of sp³-hybridized carbons (Fsp3) is 0.235. The molecule has 0 aliphatic carbocycles. The van der Waals surface area contributed by atoms with Crippen LogP contribution < -0.4 is 10.1 Å². The van der Waals surface area contributed by atoms with Gasteiger partial charge in [0.1, 0.15) is 11.6 Å². The molecule has 1 atom stereocenters. The van der Waals surface area contributed by atoms with E-state index in [0.29, 0.717) is 16.9 Å². The van der Waals surface area contributed by atoms with Gasteiger partial charge in [-0.25, -0.2) is 4.39 Å². The Morgan fingerprint density at radius 2 is 2.00 bits per heavy atom. The van der Waals surface area contributed by atoms with Crippen molar-refractivity contribution >= 4 is 5.69 Å². The number of nitrogens with zero attached hydrogens (tertiary/aromatic N) is 1. The van der Waals surface area contributed by atoms with Crippen molar-refractivity contribution in [2.45, 2.75) is 19.9 Å². The molecule has 4 heteroatoms. The van der Waals surface area contributed by atoms with E-state index < -0.39 is 0 Å². The molecule has 0 aromatic heterocycles. The summed E-state index contributed by atoms with van der Waals surface area (Å²) in [6.45, 7) is 3.68. The topological polar surface area (TPSA) is 45.0 Å². The standard InChI is InChI=1S/C17H17FN2O/c1-11-4-6-14(9-15(11)18)12(2)20-16-7-5-13(10-19)8-17(16)21-3/h4-9,12,20H,1-3H3. The monoisotopic (exact) mass is 284 g/mol. The first-order chi connectivity index (χ1) is 10.0. The summed E-state index contributed by atoms with van der Waals surface area (Å²) in [5, 5.41) is 12.2. The Morgan fingerprint density at radius 1 is 1.24 bits per heavy atom. The number of rotatable bonds is 4. The van der Waals surface area contributed by atoms with Gasteiger partial charge in [-0.05, 0) is 43.2 Å². The summed E-state index contributed by atoms with van der Waals surface area (Å²) in [6.07, 6.45) is 0. The first-order valence-corrected chi connectivity index (χ1v) is 6.66. The quantitative estimate of drug-likeness (QED) is 0.915. The van der Waals surface area contributed by atoms with E-state index >= 15 is 0 Å². The summed E-state index contributed by atoms with van der Waals surface area (Å²) in [7, 11) is 1.55. The van der Waals surface area contributed by atoms with Crippen LogP contribution in [0.3, 0.4) is 0 Å². The van der Waals surface area contributed by atoms with E-state index in [4.69, 9.17) is 10.00 Å². The molecule has 0 amide bonds. The first kappa shape index (κ1) is 14.9. The van der Waals surface area contributed by atoms with Gasteiger partial charge in [-0.1, -0.05) is 12.1 Å². The van der Waals surface area contributed by atoms with Crippen LogP contribution in [0.2, 0.25) is 0 Å². The molecule has 1 unspecified atom stereocenters. The Hall–Kier alpha value is -2.54. The maximum absolute atomic E-state index is 13.6. The molecule has 3 nitrogen and oxygen atoms in total. The van der Waals surface area contributed by atoms with Crippen LogP contribution in [0.25, 0.3) is 0 Å². The SMILES string of the molecule is COc1cc(C#N)ccc1NC(C)c1ccc(C)c(F)c1. The Labute approximate surface area is 124 Å². The van der Waals surface area contributed by atoms with Crippen molar-refractivity contribution in [3.63, 3.8) is 0 Å². The van der Waals surface area contributed by atoms with Crippen LogP contribution in [0.5, 0.6) is 5.75 Å². The molecule has 0 fully saturated rings. The minimum absolute atomic E-state index is 0.0815. The highest BCUT2D eigenvalue weighted by atomic mass is 19.1. The van der Waals surface area contributed by atoms with Gasteiger partial charge in [0.05, 0.1) is 24.4 Å². The Morgan fingerprint density at radius 3 is 2.62 bits per heavy atom. The van der Waals surface area contributed by atoms with Gasteiger partial charge in [-0.2, -0.15) is 5.26 Å². The highest BCUT2D eigenvalue weighted by Crippen LogP contribution is 2.29. The zero-order chi connectivity index (χ0) is 15.4. The number of hydrogen-bond acceptors (Lipinski definition) is 3. The van der Waals surface area contributed by atoms with Crippen molar-refractivity contribution in [1.29, 1.82) is 5.26 Å². The molecule has 0 aliphatic rings. The maximum Gasteiger partial charge on any atom is 0.143 e. The Bertz CT molecular complexity index is 692. The lowest BCUT2D eigenvalue weighted by atomic mass is 10.1. The van der Waals surface area contributed by atoms with Crippen LogP contribution in [0, 0.1) is 24.1 Å². The summed E-state index contributed by atoms with van der Waals surface area (Å²) in [6, 6.07) is 12.4. The van der Waals surface area contributed by atoms with Gasteiger partial charge in [0.15, 0.2) is 0 Å². The number of ether oxygens (including phenoxy) is 1. The highest BCUT2D eigenvalue weighted by Gasteiger charge is 2.11. The molecule has 0 aliphatic heterocycles. The van der Waals surface area contributed by atoms with Crippen molar-refractivity contribution in [3.8, 4) is 11.8 Å². The molecule has 0 saturated heterocycles. The zero-order valence-electron chi connectivity index (χ0n) is 12.3. The van der Waals surface area contributed by atoms with E-state index in [1.165, 1.54) is 6.07 Å². The molecule has 0 radical (unpaired) electrons. The highest BCUT2D eigenvalue weighted by molar-refractivity contribution is 5.60. The number of aryl methyl sites for hydroxylation is 1. The van der Waals surface area contributed by atoms with Gasteiger partial charge >= 0.3 is 0 Å². The molecule has 0 heterocycles. The number of benzene rings is 2. The van der Waals surface area contributed by atoms with Gasteiger partial charge in [0.2, 0.25) is 0 Å². The van der Waals surface area contributed by atoms with Gasteiger partial charge in [0, 0.05) is 12.1 Å². The average Bonchev–Trinajstić information content (AvgIpc) is 2.50. The molecule has 1 N–H and O–H groups in total. The molecule has 0 bridgehead atoms. The fourth-order valence-corrected chi connectivity index (χ4v) is 2.08. The number of hydrogen-bond donors (Lipinski definition) is 1. The third-order valence-corrected chi connectivity index (χ3v) is 3.40. The van der Waals surface area contributed by atoms with Crippen LogP contribution in [0.4, 0.5) is 10.1 Å². The molecule has 0 saturated carbocycles. The third-order valence-electron chi connectivity index (χ3n) is 3.40. The average molecular weight is 284 g/mol. The minimum atomic E-state index is -0.215. The Balaban J connectivity index is 2.25. The van der Waals surface area contributed by atoms with Crippen molar-refractivity contribution in [1.82, 2.24) is 0 Å². The summed E-state index contributed by atoms with van der Waals surface area (Å²) < 4.78 is 18.9. The van der Waals surface area contributed by atoms with Crippen LogP contribution in [-0.2, 0) is 0 Å². The van der Waals surface area contributed by atoms with Crippen LogP contribution in [0.15, 0.2) is 36.4 Å². The van der Waals surface area contributed by atoms with E-state index in [9.17, 15) is 4.39 Å². The maximum atomic E-state index is 13.6. The van der Waals surface area contributed by atoms with Crippen molar-refractivity contribution in [3.05, 3.63) is 58.9 Å². The third kappa shape index (κ3) is 3.32. The normalized spacial score (nSPS) is 11.6. The molecule has 21 heavy (non-hydrogen) atoms. The van der Waals surface area contributed by atoms with E-state index in [0.717, 1.165) is 11.3 Å². The predicted molar refractivity (Wildman–Crippen MR) is 80.9 cm³/mol. The minimum Gasteiger partial charge on any atom is -0.495 e. The molecular weight excluding hydrogens is 267 g/mol. The molecule has 0 spiro atoms. The van der Waals surface area contributed by atoms with E-state index in [1.807, 2.05) is 13.0 Å². The van der Waals surface area contributed by atoms with Gasteiger partial charge in [-0.15, -0.1) is 0 Å². The second-order valence-electron chi connectivity index (χ2n) is 4.90. The fourth-order valence-electron chi connectivity index (χ4n) is 2.08. The van der Waals surface area contributed by atoms with Gasteiger partial charge < -0.3 is 10.1 Å². The van der Waals surface area contributed by atoms with E-state index in [1.54, 1.807) is 38.3 Å². The largest absolute Gasteiger partial charge is 0.495 e. The smallest absolute Gasteiger partial charge is 0.143 e. The molecule has 2 aromatic rings. The lowest BCUT2D eigenvalue weighted by Crippen LogP contribution is -2.08. The molecule has 108 valence electrons. The Kier molecular flexibility index (Phi) is 4.44. The molecule has 2 rings (SSSR count). The summed E-state index contributed by atoms with van der Waals surface area (Å²) in [5.41, 5.74) is 2.78. The van der Waals surface area contributed by atoms with Crippen molar-refractivity contribution < 1.29 is 9.13 Å². The predicted octanol–water partition coefficient (Wildman–Crippen LogP) is 4.19. The lowest BCUT2D eigenvalue weighted by Gasteiger charge is -2.18. The summed E-state index contributed by atoms with van der Waals surface area (Å²) >= 11 is 0. The second-order valence-corrected chi connectivity index (χ2v) is 4.90. The van der Waals surface area contributed by atoms with Gasteiger partial charge in [-0.3, -0.25) is 0 Å². The molecule has 2 aromatic carbocycles. The van der Waals surface area contributed by atoms with Gasteiger partial charge in [0.25, 0.3) is 0 Å². The second kappa shape index (κ2) is 6.27. The number of halogens is 1. The first-order valence-electron chi connectivity index (χ1n) is 6.66. The number of methoxy groups -OCH3 is 1. The van der Waals surface area contributed by atoms with Crippen LogP contribution >= 0.6 is 0 Å². The van der Waals surface area contributed by atoms with E-state index in [2.05, 4.69) is 11.4 Å². The van der Waals surface area contributed by atoms with Crippen molar-refractivity contribution in [2.75, 3.05) is 12.4 Å². The van der Waals surface area contributed by atoms with E-state index in [-0.39, 0.29) is 11.9 Å². The number of nitriles is 1. The summed E-state index contributed by atoms with van der Waals surface area (Å²) in [4.78, 5) is 0. The number of anilines is 1.